The molecule has 0 bridgehead atoms. The van der Waals surface area contributed by atoms with Crippen LogP contribution in [0.15, 0.2) is 42.0 Å². The van der Waals surface area contributed by atoms with Crippen molar-refractivity contribution < 1.29 is 4.79 Å². The highest BCUT2D eigenvalue weighted by Gasteiger charge is 2.16. The molecule has 0 spiro atoms. The summed E-state index contributed by atoms with van der Waals surface area (Å²) in [5.41, 5.74) is 2.24. The van der Waals surface area contributed by atoms with Crippen LogP contribution in [-0.4, -0.2) is 12.5 Å². The monoisotopic (exact) mass is 229 g/mol. The van der Waals surface area contributed by atoms with Crippen LogP contribution in [0, 0.1) is 0 Å². The molecule has 1 atom stereocenters. The molecule has 0 radical (unpaired) electrons. The summed E-state index contributed by atoms with van der Waals surface area (Å²) in [6.45, 7) is 2.98. The van der Waals surface area contributed by atoms with Crippen LogP contribution in [-0.2, 0) is 4.79 Å². The highest BCUT2D eigenvalue weighted by atomic mass is 16.1. The lowest BCUT2D eigenvalue weighted by atomic mass is 9.92. The van der Waals surface area contributed by atoms with Crippen molar-refractivity contribution in [2.45, 2.75) is 32.1 Å². The number of nitrogens with one attached hydrogen (secondary N) is 1. The van der Waals surface area contributed by atoms with Crippen molar-refractivity contribution in [2.75, 3.05) is 6.54 Å². The molecule has 1 saturated heterocycles. The Labute approximate surface area is 103 Å². The molecule has 1 aliphatic heterocycles. The fourth-order valence-corrected chi connectivity index (χ4v) is 2.26. The van der Waals surface area contributed by atoms with Crippen molar-refractivity contribution in [3.8, 4) is 0 Å². The van der Waals surface area contributed by atoms with Crippen molar-refractivity contribution in [2.24, 2.45) is 0 Å². The maximum atomic E-state index is 11.7. The van der Waals surface area contributed by atoms with Gasteiger partial charge in [-0.25, -0.2) is 0 Å². The van der Waals surface area contributed by atoms with Crippen molar-refractivity contribution in [3.63, 3.8) is 0 Å². The number of carbonyl (C=O) groups is 1. The first-order valence-corrected chi connectivity index (χ1v) is 6.35. The second-order valence-corrected chi connectivity index (χ2v) is 4.48. The summed E-state index contributed by atoms with van der Waals surface area (Å²) in [7, 11) is 0. The van der Waals surface area contributed by atoms with Gasteiger partial charge in [-0.3, -0.25) is 4.79 Å². The summed E-state index contributed by atoms with van der Waals surface area (Å²) in [5, 5.41) is 2.91. The molecule has 2 heteroatoms. The molecule has 1 aromatic carbocycles. The lowest BCUT2D eigenvalue weighted by Crippen LogP contribution is -2.31. The van der Waals surface area contributed by atoms with Crippen molar-refractivity contribution in [1.82, 2.24) is 5.32 Å². The fourth-order valence-electron chi connectivity index (χ4n) is 2.26. The van der Waals surface area contributed by atoms with Gasteiger partial charge in [0.05, 0.1) is 0 Å². The third-order valence-electron chi connectivity index (χ3n) is 3.27. The number of carbonyl (C=O) groups excluding carboxylic acids is 1. The van der Waals surface area contributed by atoms with E-state index >= 15 is 0 Å². The lowest BCUT2D eigenvalue weighted by molar-refractivity contribution is -0.118. The normalized spacial score (nSPS) is 20.1. The Hall–Kier alpha value is -1.57. The number of amides is 1. The third kappa shape index (κ3) is 2.96. The molecule has 1 amide bonds. The Morgan fingerprint density at radius 2 is 2.12 bits per heavy atom. The minimum atomic E-state index is 0.116. The van der Waals surface area contributed by atoms with Gasteiger partial charge in [0.2, 0.25) is 5.91 Å². The van der Waals surface area contributed by atoms with Crippen LogP contribution < -0.4 is 5.32 Å². The molecule has 0 saturated carbocycles. The molecule has 0 aromatic heterocycles. The molecule has 2 rings (SSSR count). The van der Waals surface area contributed by atoms with E-state index in [2.05, 4.69) is 42.6 Å². The number of allylic oxidation sites excluding steroid dienone is 1. The molecule has 1 aromatic rings. The summed E-state index contributed by atoms with van der Waals surface area (Å²) in [5.74, 6) is 0.473. The predicted octanol–water partition coefficient (Wildman–Crippen LogP) is 3.02. The van der Waals surface area contributed by atoms with E-state index in [1.54, 1.807) is 0 Å². The van der Waals surface area contributed by atoms with Gasteiger partial charge >= 0.3 is 0 Å². The zero-order valence-corrected chi connectivity index (χ0v) is 10.3. The molecule has 1 N–H and O–H groups in total. The molecular weight excluding hydrogens is 210 g/mol. The van der Waals surface area contributed by atoms with Gasteiger partial charge in [0.1, 0.15) is 0 Å². The van der Waals surface area contributed by atoms with Crippen molar-refractivity contribution in [1.29, 1.82) is 0 Å². The second kappa shape index (κ2) is 5.67. The fraction of sp³-hybridized carbons (Fsp3) is 0.400. The number of piperidine rings is 1. The molecule has 0 aliphatic carbocycles. The standard InChI is InChI=1S/C15H19NO/c1-2-12(13-7-4-3-5-8-13)11-14-9-6-10-16-15(14)17/h3-5,7-8,11-12H,2,6,9-10H2,1H3,(H,16,17)/b14-11+. The van der Waals surface area contributed by atoms with Gasteiger partial charge in [-0.1, -0.05) is 43.3 Å². The van der Waals surface area contributed by atoms with Gasteiger partial charge in [0, 0.05) is 18.0 Å². The lowest BCUT2D eigenvalue weighted by Gasteiger charge is -2.18. The molecule has 17 heavy (non-hydrogen) atoms. The number of hydrogen-bond donors (Lipinski definition) is 1. The van der Waals surface area contributed by atoms with E-state index in [1.807, 2.05) is 6.07 Å². The molecule has 1 heterocycles. The molecule has 1 fully saturated rings. The highest BCUT2D eigenvalue weighted by Crippen LogP contribution is 2.24. The maximum absolute atomic E-state index is 11.7. The number of benzene rings is 1. The summed E-state index contributed by atoms with van der Waals surface area (Å²) >= 11 is 0. The van der Waals surface area contributed by atoms with Crippen LogP contribution in [0.4, 0.5) is 0 Å². The summed E-state index contributed by atoms with van der Waals surface area (Å²) < 4.78 is 0. The first-order valence-electron chi connectivity index (χ1n) is 6.35. The Morgan fingerprint density at radius 3 is 2.76 bits per heavy atom. The Morgan fingerprint density at radius 1 is 1.35 bits per heavy atom. The Bertz CT molecular complexity index is 408. The zero-order chi connectivity index (χ0) is 12.1. The second-order valence-electron chi connectivity index (χ2n) is 4.48. The van der Waals surface area contributed by atoms with Crippen LogP contribution >= 0.6 is 0 Å². The number of hydrogen-bond acceptors (Lipinski definition) is 1. The van der Waals surface area contributed by atoms with E-state index in [0.717, 1.165) is 31.4 Å². The summed E-state index contributed by atoms with van der Waals surface area (Å²) in [4.78, 5) is 11.7. The van der Waals surface area contributed by atoms with Gasteiger partial charge in [-0.05, 0) is 24.8 Å². The molecule has 1 aliphatic rings. The van der Waals surface area contributed by atoms with Gasteiger partial charge in [0.25, 0.3) is 0 Å². The SMILES string of the molecule is CCC(/C=C1\CCCNC1=O)c1ccccc1. The van der Waals surface area contributed by atoms with E-state index in [9.17, 15) is 4.79 Å². The van der Waals surface area contributed by atoms with E-state index < -0.39 is 0 Å². The van der Waals surface area contributed by atoms with Crippen LogP contribution in [0.3, 0.4) is 0 Å². The highest BCUT2D eigenvalue weighted by molar-refractivity contribution is 5.94. The van der Waals surface area contributed by atoms with Crippen LogP contribution in [0.25, 0.3) is 0 Å². The maximum Gasteiger partial charge on any atom is 0.246 e. The van der Waals surface area contributed by atoms with Gasteiger partial charge in [-0.15, -0.1) is 0 Å². The van der Waals surface area contributed by atoms with Crippen LogP contribution in [0.5, 0.6) is 0 Å². The minimum Gasteiger partial charge on any atom is -0.352 e. The number of rotatable bonds is 3. The molecule has 90 valence electrons. The summed E-state index contributed by atoms with van der Waals surface area (Å²) in [6.07, 6.45) is 5.14. The van der Waals surface area contributed by atoms with Gasteiger partial charge in [-0.2, -0.15) is 0 Å². The largest absolute Gasteiger partial charge is 0.352 e. The predicted molar refractivity (Wildman–Crippen MR) is 69.8 cm³/mol. The average Bonchev–Trinajstić information content (AvgIpc) is 2.39. The quantitative estimate of drug-likeness (QED) is 0.793. The smallest absolute Gasteiger partial charge is 0.246 e. The average molecular weight is 229 g/mol. The molecule has 1 unspecified atom stereocenters. The van der Waals surface area contributed by atoms with Crippen LogP contribution in [0.1, 0.15) is 37.7 Å². The first-order chi connectivity index (χ1) is 8.31. The zero-order valence-electron chi connectivity index (χ0n) is 10.3. The minimum absolute atomic E-state index is 0.116. The Kier molecular flexibility index (Phi) is 3.97. The molecular formula is C15H19NO. The van der Waals surface area contributed by atoms with E-state index in [4.69, 9.17) is 0 Å². The van der Waals surface area contributed by atoms with E-state index in [-0.39, 0.29) is 5.91 Å². The van der Waals surface area contributed by atoms with Crippen molar-refractivity contribution in [3.05, 3.63) is 47.5 Å². The first kappa shape index (κ1) is 11.9. The van der Waals surface area contributed by atoms with Gasteiger partial charge in [0.15, 0.2) is 0 Å². The molecule has 2 nitrogen and oxygen atoms in total. The summed E-state index contributed by atoms with van der Waals surface area (Å²) in [6, 6.07) is 10.4. The van der Waals surface area contributed by atoms with Crippen molar-refractivity contribution >= 4 is 5.91 Å². The topological polar surface area (TPSA) is 29.1 Å². The van der Waals surface area contributed by atoms with Gasteiger partial charge < -0.3 is 5.32 Å². The van der Waals surface area contributed by atoms with E-state index in [0.29, 0.717) is 5.92 Å². The van der Waals surface area contributed by atoms with Crippen LogP contribution in [0.2, 0.25) is 0 Å². The van der Waals surface area contributed by atoms with E-state index in [1.165, 1.54) is 5.56 Å². The third-order valence-corrected chi connectivity index (χ3v) is 3.27. The Balaban J connectivity index is 2.19.